The molecule has 0 atom stereocenters. The van der Waals surface area contributed by atoms with Gasteiger partial charge in [-0.15, -0.1) is 0 Å². The van der Waals surface area contributed by atoms with Crippen molar-refractivity contribution < 1.29 is 23.0 Å². The van der Waals surface area contributed by atoms with Gasteiger partial charge in [0.2, 0.25) is 5.91 Å². The molecular formula is C20H21F2NO3. The Kier molecular flexibility index (Phi) is 7.14. The molecule has 0 aliphatic rings. The van der Waals surface area contributed by atoms with Gasteiger partial charge in [0, 0.05) is 12.1 Å². The van der Waals surface area contributed by atoms with Crippen molar-refractivity contribution in [1.82, 2.24) is 0 Å². The Morgan fingerprint density at radius 2 is 1.96 bits per heavy atom. The van der Waals surface area contributed by atoms with Crippen LogP contribution in [0.5, 0.6) is 11.5 Å². The van der Waals surface area contributed by atoms with Gasteiger partial charge in [0.05, 0.1) is 19.4 Å². The van der Waals surface area contributed by atoms with Crippen LogP contribution in [-0.4, -0.2) is 19.6 Å². The number of hydrogen-bond acceptors (Lipinski definition) is 3. The summed E-state index contributed by atoms with van der Waals surface area (Å²) < 4.78 is 37.6. The highest BCUT2D eigenvalue weighted by Gasteiger charge is 2.07. The average molecular weight is 361 g/mol. The molecule has 2 rings (SSSR count). The molecule has 0 heterocycles. The van der Waals surface area contributed by atoms with Crippen LogP contribution >= 0.6 is 0 Å². The number of carbonyl (C=O) groups is 1. The zero-order valence-electron chi connectivity index (χ0n) is 14.7. The molecule has 2 aromatic carbocycles. The Labute approximate surface area is 151 Å². The highest BCUT2D eigenvalue weighted by molar-refractivity contribution is 6.02. The molecular weight excluding hydrogens is 340 g/mol. The number of amides is 1. The fourth-order valence-electron chi connectivity index (χ4n) is 2.17. The van der Waals surface area contributed by atoms with E-state index in [1.165, 1.54) is 13.2 Å². The van der Waals surface area contributed by atoms with Crippen molar-refractivity contribution in [2.75, 3.05) is 19.0 Å². The quantitative estimate of drug-likeness (QED) is 0.542. The van der Waals surface area contributed by atoms with Gasteiger partial charge in [0.15, 0.2) is 11.5 Å². The summed E-state index contributed by atoms with van der Waals surface area (Å²) in [5, 5.41) is 2.30. The van der Waals surface area contributed by atoms with E-state index in [2.05, 4.69) is 12.2 Å². The van der Waals surface area contributed by atoms with Crippen LogP contribution in [0.15, 0.2) is 42.5 Å². The minimum absolute atomic E-state index is 0.211. The van der Waals surface area contributed by atoms with Crippen LogP contribution in [0, 0.1) is 11.6 Å². The van der Waals surface area contributed by atoms with E-state index in [0.29, 0.717) is 23.7 Å². The van der Waals surface area contributed by atoms with Gasteiger partial charge in [-0.05, 0) is 42.3 Å². The minimum Gasteiger partial charge on any atom is -0.493 e. The summed E-state index contributed by atoms with van der Waals surface area (Å²) in [6, 6.07) is 8.13. The first-order valence-corrected chi connectivity index (χ1v) is 8.28. The molecule has 0 saturated heterocycles. The molecule has 0 fully saturated rings. The van der Waals surface area contributed by atoms with E-state index in [-0.39, 0.29) is 5.69 Å². The van der Waals surface area contributed by atoms with Gasteiger partial charge in [-0.25, -0.2) is 8.78 Å². The molecule has 6 heteroatoms. The zero-order valence-corrected chi connectivity index (χ0v) is 14.7. The molecule has 0 radical (unpaired) electrons. The topological polar surface area (TPSA) is 47.6 Å². The second-order valence-electron chi connectivity index (χ2n) is 5.56. The Morgan fingerprint density at radius 1 is 1.15 bits per heavy atom. The third-order valence-corrected chi connectivity index (χ3v) is 3.56. The van der Waals surface area contributed by atoms with Gasteiger partial charge in [0.1, 0.15) is 11.6 Å². The van der Waals surface area contributed by atoms with Crippen molar-refractivity contribution in [3.63, 3.8) is 0 Å². The van der Waals surface area contributed by atoms with E-state index in [1.54, 1.807) is 24.3 Å². The fourth-order valence-corrected chi connectivity index (χ4v) is 2.17. The second kappa shape index (κ2) is 9.56. The van der Waals surface area contributed by atoms with Crippen LogP contribution in [0.4, 0.5) is 14.5 Å². The lowest BCUT2D eigenvalue weighted by Crippen LogP contribution is -2.09. The van der Waals surface area contributed by atoms with E-state index in [9.17, 15) is 13.6 Å². The van der Waals surface area contributed by atoms with Crippen LogP contribution in [0.25, 0.3) is 6.08 Å². The van der Waals surface area contributed by atoms with Gasteiger partial charge in [-0.3, -0.25) is 4.79 Å². The molecule has 1 amide bonds. The number of nitrogens with one attached hydrogen (secondary N) is 1. The van der Waals surface area contributed by atoms with E-state index in [1.807, 2.05) is 0 Å². The van der Waals surface area contributed by atoms with Crippen molar-refractivity contribution in [3.8, 4) is 11.5 Å². The summed E-state index contributed by atoms with van der Waals surface area (Å²) in [6.07, 6.45) is 4.76. The number of halogens is 2. The summed E-state index contributed by atoms with van der Waals surface area (Å²) in [5.41, 5.74) is 0.497. The van der Waals surface area contributed by atoms with Gasteiger partial charge in [-0.2, -0.15) is 0 Å². The minimum atomic E-state index is -0.705. The Bertz CT molecular complexity index is 791. The van der Waals surface area contributed by atoms with Crippen LogP contribution in [0.3, 0.4) is 0 Å². The number of unbranched alkanes of at least 4 members (excludes halogenated alkanes) is 1. The van der Waals surface area contributed by atoms with Gasteiger partial charge in [-0.1, -0.05) is 19.4 Å². The summed E-state index contributed by atoms with van der Waals surface area (Å²) in [7, 11) is 1.54. The summed E-state index contributed by atoms with van der Waals surface area (Å²) in [4.78, 5) is 11.9. The Balaban J connectivity index is 2.04. The molecule has 1 N–H and O–H groups in total. The number of carbonyl (C=O) groups excluding carboxylic acids is 1. The molecule has 0 aromatic heterocycles. The monoisotopic (exact) mass is 361 g/mol. The Morgan fingerprint density at radius 3 is 2.69 bits per heavy atom. The number of anilines is 1. The average Bonchev–Trinajstić information content (AvgIpc) is 2.64. The Hall–Kier alpha value is -2.89. The van der Waals surface area contributed by atoms with Crippen molar-refractivity contribution in [2.24, 2.45) is 0 Å². The normalized spacial score (nSPS) is 10.8. The third kappa shape index (κ3) is 5.58. The maximum absolute atomic E-state index is 13.5. The SMILES string of the molecule is CCCCOc1ccc(/C=C/C(=O)Nc2cc(F)ccc2F)cc1OC. The molecule has 0 aliphatic heterocycles. The van der Waals surface area contributed by atoms with Crippen LogP contribution in [-0.2, 0) is 4.79 Å². The number of ether oxygens (including phenoxy) is 2. The third-order valence-electron chi connectivity index (χ3n) is 3.56. The molecule has 4 nitrogen and oxygen atoms in total. The lowest BCUT2D eigenvalue weighted by atomic mass is 10.2. The summed E-state index contributed by atoms with van der Waals surface area (Å²) >= 11 is 0. The molecule has 0 bridgehead atoms. The van der Waals surface area contributed by atoms with E-state index in [0.717, 1.165) is 31.0 Å². The fraction of sp³-hybridized carbons (Fsp3) is 0.250. The molecule has 0 saturated carbocycles. The molecule has 138 valence electrons. The smallest absolute Gasteiger partial charge is 0.248 e. The molecule has 0 spiro atoms. The van der Waals surface area contributed by atoms with Crippen molar-refractivity contribution in [2.45, 2.75) is 19.8 Å². The largest absolute Gasteiger partial charge is 0.493 e. The van der Waals surface area contributed by atoms with Gasteiger partial charge < -0.3 is 14.8 Å². The zero-order chi connectivity index (χ0) is 18.9. The lowest BCUT2D eigenvalue weighted by molar-refractivity contribution is -0.111. The number of hydrogen-bond donors (Lipinski definition) is 1. The van der Waals surface area contributed by atoms with Crippen LogP contribution in [0.2, 0.25) is 0 Å². The first kappa shape index (κ1) is 19.4. The van der Waals surface area contributed by atoms with Gasteiger partial charge in [0.25, 0.3) is 0 Å². The summed E-state index contributed by atoms with van der Waals surface area (Å²) in [5.74, 6) is -0.724. The number of benzene rings is 2. The molecule has 26 heavy (non-hydrogen) atoms. The molecule has 2 aromatic rings. The maximum Gasteiger partial charge on any atom is 0.248 e. The first-order chi connectivity index (χ1) is 12.5. The number of methoxy groups -OCH3 is 1. The van der Waals surface area contributed by atoms with Crippen molar-refractivity contribution in [3.05, 3.63) is 59.7 Å². The summed E-state index contributed by atoms with van der Waals surface area (Å²) in [6.45, 7) is 2.68. The van der Waals surface area contributed by atoms with Gasteiger partial charge >= 0.3 is 0 Å². The highest BCUT2D eigenvalue weighted by Crippen LogP contribution is 2.28. The lowest BCUT2D eigenvalue weighted by Gasteiger charge is -2.11. The predicted octanol–water partition coefficient (Wildman–Crippen LogP) is 4.80. The van der Waals surface area contributed by atoms with E-state index >= 15 is 0 Å². The maximum atomic E-state index is 13.5. The van der Waals surface area contributed by atoms with E-state index in [4.69, 9.17) is 9.47 Å². The highest BCUT2D eigenvalue weighted by atomic mass is 19.1. The standard InChI is InChI=1S/C20H21F2NO3/c1-3-4-11-26-18-9-5-14(12-19(18)25-2)6-10-20(24)23-17-13-15(21)7-8-16(17)22/h5-10,12-13H,3-4,11H2,1-2H3,(H,23,24)/b10-6+. The second-order valence-corrected chi connectivity index (χ2v) is 5.56. The van der Waals surface area contributed by atoms with Crippen molar-refractivity contribution >= 4 is 17.7 Å². The predicted molar refractivity (Wildman–Crippen MR) is 97.4 cm³/mol. The van der Waals surface area contributed by atoms with Crippen LogP contribution < -0.4 is 14.8 Å². The molecule has 0 aliphatic carbocycles. The van der Waals surface area contributed by atoms with E-state index < -0.39 is 17.5 Å². The number of rotatable bonds is 8. The van der Waals surface area contributed by atoms with Crippen LogP contribution in [0.1, 0.15) is 25.3 Å². The molecule has 0 unspecified atom stereocenters. The first-order valence-electron chi connectivity index (χ1n) is 8.28. The van der Waals surface area contributed by atoms with Crippen molar-refractivity contribution in [1.29, 1.82) is 0 Å².